The fourth-order valence-electron chi connectivity index (χ4n) is 0.900. The van der Waals surface area contributed by atoms with Crippen LogP contribution < -0.4 is 5.73 Å². The maximum absolute atomic E-state index is 10.4. The maximum atomic E-state index is 10.4. The van der Waals surface area contributed by atoms with Gasteiger partial charge in [0.15, 0.2) is 0 Å². The Morgan fingerprint density at radius 1 is 1.43 bits per heavy atom. The van der Waals surface area contributed by atoms with Crippen molar-refractivity contribution in [1.82, 2.24) is 0 Å². The summed E-state index contributed by atoms with van der Waals surface area (Å²) in [4.78, 5) is 10.4. The first-order valence-corrected chi connectivity index (χ1v) is 3.99. The molecule has 1 aromatic carbocycles. The summed E-state index contributed by atoms with van der Waals surface area (Å²) in [6.45, 7) is 0. The molecule has 0 aliphatic heterocycles. The molecule has 0 aliphatic rings. The Labute approximate surface area is 82.1 Å². The van der Waals surface area contributed by atoms with E-state index < -0.39 is 5.91 Å². The number of nitrogens with zero attached hydrogens (tertiary/aromatic N) is 1. The van der Waals surface area contributed by atoms with E-state index in [4.69, 9.17) is 11.0 Å². The molecule has 0 bridgehead atoms. The minimum atomic E-state index is -0.450. The molecule has 0 saturated heterocycles. The second-order valence-electron chi connectivity index (χ2n) is 2.64. The van der Waals surface area contributed by atoms with Crippen molar-refractivity contribution in [3.63, 3.8) is 0 Å². The molecular formula is C11H8N2O. The fourth-order valence-corrected chi connectivity index (χ4v) is 0.900. The number of benzene rings is 1. The minimum Gasteiger partial charge on any atom is -0.369 e. The summed E-state index contributed by atoms with van der Waals surface area (Å²) < 4.78 is 0. The van der Waals surface area contributed by atoms with Crippen LogP contribution in [0.4, 0.5) is 0 Å². The summed E-state index contributed by atoms with van der Waals surface area (Å²) in [6, 6.07) is 8.88. The van der Waals surface area contributed by atoms with Crippen molar-refractivity contribution in [2.45, 2.75) is 6.42 Å². The van der Waals surface area contributed by atoms with Gasteiger partial charge in [0.25, 0.3) is 0 Å². The van der Waals surface area contributed by atoms with Gasteiger partial charge in [0.1, 0.15) is 0 Å². The summed E-state index contributed by atoms with van der Waals surface area (Å²) >= 11 is 0. The number of rotatable bonds is 1. The first-order chi connectivity index (χ1) is 6.72. The van der Waals surface area contributed by atoms with Crippen LogP contribution in [0.15, 0.2) is 24.3 Å². The molecule has 1 aromatic rings. The van der Waals surface area contributed by atoms with Crippen LogP contribution in [0.3, 0.4) is 0 Å². The third-order valence-corrected chi connectivity index (χ3v) is 1.49. The molecule has 0 heterocycles. The van der Waals surface area contributed by atoms with Gasteiger partial charge in [-0.2, -0.15) is 5.26 Å². The van der Waals surface area contributed by atoms with E-state index in [-0.39, 0.29) is 6.42 Å². The third kappa shape index (κ3) is 3.00. The summed E-state index contributed by atoms with van der Waals surface area (Å²) in [5.41, 5.74) is 6.18. The van der Waals surface area contributed by atoms with Gasteiger partial charge in [0, 0.05) is 5.56 Å². The average Bonchev–Trinajstić information content (AvgIpc) is 2.18. The highest BCUT2D eigenvalue weighted by molar-refractivity contribution is 5.76. The van der Waals surface area contributed by atoms with Crippen molar-refractivity contribution in [2.24, 2.45) is 5.73 Å². The van der Waals surface area contributed by atoms with E-state index in [1.807, 2.05) is 6.07 Å². The highest BCUT2D eigenvalue weighted by Gasteiger charge is 1.91. The molecule has 1 amide bonds. The first-order valence-electron chi connectivity index (χ1n) is 3.99. The van der Waals surface area contributed by atoms with Gasteiger partial charge in [-0.3, -0.25) is 4.79 Å². The predicted molar refractivity (Wildman–Crippen MR) is 51.8 cm³/mol. The topological polar surface area (TPSA) is 66.9 Å². The molecule has 68 valence electrons. The molecule has 3 nitrogen and oxygen atoms in total. The van der Waals surface area contributed by atoms with Crippen LogP contribution in [0.25, 0.3) is 0 Å². The van der Waals surface area contributed by atoms with Crippen molar-refractivity contribution in [3.8, 4) is 17.9 Å². The van der Waals surface area contributed by atoms with Gasteiger partial charge >= 0.3 is 0 Å². The van der Waals surface area contributed by atoms with Crippen LogP contribution >= 0.6 is 0 Å². The minimum absolute atomic E-state index is 0.0385. The van der Waals surface area contributed by atoms with Crippen molar-refractivity contribution >= 4 is 5.91 Å². The normalized spacial score (nSPS) is 8.21. The molecule has 0 unspecified atom stereocenters. The van der Waals surface area contributed by atoms with Crippen molar-refractivity contribution in [2.75, 3.05) is 0 Å². The number of primary amides is 1. The zero-order valence-corrected chi connectivity index (χ0v) is 7.45. The Hall–Kier alpha value is -2.26. The van der Waals surface area contributed by atoms with Gasteiger partial charge in [-0.1, -0.05) is 17.9 Å². The van der Waals surface area contributed by atoms with Crippen LogP contribution in [0.5, 0.6) is 0 Å². The summed E-state index contributed by atoms with van der Waals surface area (Å²) in [5, 5.41) is 8.60. The van der Waals surface area contributed by atoms with E-state index in [9.17, 15) is 4.79 Å². The number of amides is 1. The molecule has 0 aromatic heterocycles. The SMILES string of the molecule is N#Cc1cccc(C#CCC(N)=O)c1. The van der Waals surface area contributed by atoms with E-state index in [2.05, 4.69) is 11.8 Å². The van der Waals surface area contributed by atoms with Crippen molar-refractivity contribution in [3.05, 3.63) is 35.4 Å². The Bertz CT molecular complexity index is 446. The molecule has 0 spiro atoms. The molecular weight excluding hydrogens is 176 g/mol. The van der Waals surface area contributed by atoms with Gasteiger partial charge in [-0.25, -0.2) is 0 Å². The maximum Gasteiger partial charge on any atom is 0.229 e. The highest BCUT2D eigenvalue weighted by atomic mass is 16.1. The smallest absolute Gasteiger partial charge is 0.229 e. The molecule has 0 radical (unpaired) electrons. The third-order valence-electron chi connectivity index (χ3n) is 1.49. The lowest BCUT2D eigenvalue weighted by molar-refractivity contribution is -0.117. The Morgan fingerprint density at radius 3 is 2.79 bits per heavy atom. The Kier molecular flexibility index (Phi) is 3.29. The lowest BCUT2D eigenvalue weighted by Crippen LogP contribution is -2.08. The predicted octanol–water partition coefficient (Wildman–Crippen LogP) is 0.785. The van der Waals surface area contributed by atoms with Crippen LogP contribution in [-0.4, -0.2) is 5.91 Å². The quantitative estimate of drug-likeness (QED) is 0.655. The van der Waals surface area contributed by atoms with Crippen molar-refractivity contribution in [1.29, 1.82) is 5.26 Å². The van der Waals surface area contributed by atoms with Crippen molar-refractivity contribution < 1.29 is 4.79 Å². The summed E-state index contributed by atoms with van der Waals surface area (Å²) in [7, 11) is 0. The number of hydrogen-bond acceptors (Lipinski definition) is 2. The van der Waals surface area contributed by atoms with Crippen LogP contribution in [0.1, 0.15) is 17.5 Å². The number of nitriles is 1. The zero-order valence-electron chi connectivity index (χ0n) is 7.45. The molecule has 3 heteroatoms. The molecule has 1 rings (SSSR count). The van der Waals surface area contributed by atoms with Crippen LogP contribution in [-0.2, 0) is 4.79 Å². The van der Waals surface area contributed by atoms with E-state index in [0.717, 1.165) is 0 Å². The lowest BCUT2D eigenvalue weighted by atomic mass is 10.1. The van der Waals surface area contributed by atoms with Gasteiger partial charge in [0.2, 0.25) is 5.91 Å². The van der Waals surface area contributed by atoms with Gasteiger partial charge in [0.05, 0.1) is 18.1 Å². The molecule has 0 saturated carbocycles. The first kappa shape index (κ1) is 9.83. The fraction of sp³-hybridized carbons (Fsp3) is 0.0909. The molecule has 0 aliphatic carbocycles. The Balaban J connectivity index is 2.80. The second-order valence-corrected chi connectivity index (χ2v) is 2.64. The van der Waals surface area contributed by atoms with E-state index >= 15 is 0 Å². The van der Waals surface area contributed by atoms with E-state index in [0.29, 0.717) is 11.1 Å². The standard InChI is InChI=1S/C11H8N2O/c12-8-10-5-1-3-9(7-10)4-2-6-11(13)14/h1,3,5,7H,6H2,(H2,13,14). The number of hydrogen-bond donors (Lipinski definition) is 1. The number of nitrogens with two attached hydrogens (primary N) is 1. The van der Waals surface area contributed by atoms with Crippen LogP contribution in [0, 0.1) is 23.2 Å². The molecule has 0 atom stereocenters. The van der Waals surface area contributed by atoms with Gasteiger partial charge in [-0.15, -0.1) is 0 Å². The van der Waals surface area contributed by atoms with Crippen LogP contribution in [0.2, 0.25) is 0 Å². The molecule has 2 N–H and O–H groups in total. The average molecular weight is 184 g/mol. The van der Waals surface area contributed by atoms with Gasteiger partial charge in [-0.05, 0) is 18.2 Å². The van der Waals surface area contributed by atoms with Gasteiger partial charge < -0.3 is 5.73 Å². The largest absolute Gasteiger partial charge is 0.369 e. The second kappa shape index (κ2) is 4.69. The monoisotopic (exact) mass is 184 g/mol. The molecule has 0 fully saturated rings. The highest BCUT2D eigenvalue weighted by Crippen LogP contribution is 2.01. The summed E-state index contributed by atoms with van der Waals surface area (Å²) in [5.74, 6) is 4.92. The van der Waals surface area contributed by atoms with E-state index in [1.54, 1.807) is 24.3 Å². The van der Waals surface area contributed by atoms with E-state index in [1.165, 1.54) is 0 Å². The number of carbonyl (C=O) groups is 1. The zero-order chi connectivity index (χ0) is 10.4. The number of carbonyl (C=O) groups excluding carboxylic acids is 1. The lowest BCUT2D eigenvalue weighted by Gasteiger charge is -1.89. The Morgan fingerprint density at radius 2 is 2.14 bits per heavy atom. The summed E-state index contributed by atoms with van der Waals surface area (Å²) in [6.07, 6.45) is 0.0385. The molecule has 14 heavy (non-hydrogen) atoms.